The number of aliphatic hydroxyl groups excluding tert-OH is 1. The molecule has 0 aliphatic rings. The maximum Gasteiger partial charge on any atom is 0.312 e. The van der Waals surface area contributed by atoms with Crippen LogP contribution in [-0.2, 0) is 18.4 Å². The number of imidazole rings is 1. The molecule has 16 nitrogen and oxygen atoms in total. The van der Waals surface area contributed by atoms with E-state index in [9.17, 15) is 77.4 Å². The van der Waals surface area contributed by atoms with Crippen LogP contribution in [0.15, 0.2) is 356 Å². The van der Waals surface area contributed by atoms with Crippen molar-refractivity contribution in [1.29, 1.82) is 0 Å². The molecule has 0 spiro atoms. The van der Waals surface area contributed by atoms with Gasteiger partial charge in [0, 0.05) is 29.5 Å². The molecule has 20 aromatic rings. The van der Waals surface area contributed by atoms with Crippen LogP contribution in [0.5, 0.6) is 0 Å². The summed E-state index contributed by atoms with van der Waals surface area (Å²) >= 11 is 6.81. The molecular formula is C111H80Br2F11N5O11. The molecular weight excluding hydrogens is 1950 g/mol. The molecule has 3 unspecified atom stereocenters. The van der Waals surface area contributed by atoms with E-state index >= 15 is 0 Å². The highest BCUT2D eigenvalue weighted by Gasteiger charge is 2.41. The van der Waals surface area contributed by atoms with Crippen molar-refractivity contribution in [1.82, 2.24) is 19.5 Å². The lowest BCUT2D eigenvalue weighted by atomic mass is 9.76. The maximum atomic E-state index is 14.2. The Hall–Kier alpha value is -15.6. The molecule has 140 heavy (non-hydrogen) atoms. The van der Waals surface area contributed by atoms with E-state index in [1.807, 2.05) is 109 Å². The number of nitrogens with zero attached hydrogens (tertiary/aromatic N) is 4. The number of benzene rings is 13. The molecule has 13 aromatic carbocycles. The number of nitrogens with two attached hydrogens (primary N) is 1. The van der Waals surface area contributed by atoms with Crippen LogP contribution in [-0.4, -0.2) is 24.6 Å². The first-order valence-corrected chi connectivity index (χ1v) is 45.6. The number of halogens is 13. The number of nitrogen functional groups attached to an aromatic ring is 1. The van der Waals surface area contributed by atoms with Crippen LogP contribution in [0.1, 0.15) is 109 Å². The zero-order chi connectivity index (χ0) is 99.5. The molecule has 0 bridgehead atoms. The number of hydrogen-bond acceptors (Lipinski definition) is 15. The lowest BCUT2D eigenvalue weighted by molar-refractivity contribution is 0.171. The summed E-state index contributed by atoms with van der Waals surface area (Å²) in [7, 11) is 0. The van der Waals surface area contributed by atoms with Gasteiger partial charge in [0.05, 0.1) is 43.8 Å². The van der Waals surface area contributed by atoms with Crippen LogP contribution in [0.2, 0.25) is 0 Å². The number of alkyl halides is 2. The van der Waals surface area contributed by atoms with Crippen molar-refractivity contribution in [2.24, 2.45) is 0 Å². The minimum absolute atomic E-state index is 0.0133. The number of rotatable bonds is 16. The van der Waals surface area contributed by atoms with Gasteiger partial charge >= 0.3 is 6.08 Å². The van der Waals surface area contributed by atoms with Crippen molar-refractivity contribution < 1.29 is 75.5 Å². The van der Waals surface area contributed by atoms with Crippen molar-refractivity contribution in [2.45, 2.75) is 81.6 Å². The SMILES string of the molecule is CC(Br)c1oc2cccc(F)c2c(=O)c1-c1ccccc1F.CC(O)c1oc2cccc(F)c2c(=O)c1-c1ccccc1F.CCC(Br)c1oc2cccc(F)c2c(=O)c1-c1cccc(F)c1.CCCc1oc2cccc(F)c2c(=O)c1-c1cccc(F)c1.CCc1oc2cccc(F)c2c(=O)c1-c1ccccc1F.Nc1nc(F)nc2c1ncn2C(c1ccccc1)(c1ccccc1)c1ccccc1. The third kappa shape index (κ3) is 20.1. The van der Waals surface area contributed by atoms with Gasteiger partial charge in [0.15, 0.2) is 11.5 Å². The van der Waals surface area contributed by atoms with Crippen molar-refractivity contribution in [3.8, 4) is 55.6 Å². The number of anilines is 1. The van der Waals surface area contributed by atoms with Crippen LogP contribution < -0.4 is 32.9 Å². The number of aromatic nitrogens is 4. The predicted molar refractivity (Wildman–Crippen MR) is 527 cm³/mol. The van der Waals surface area contributed by atoms with E-state index in [0.717, 1.165) is 29.2 Å². The van der Waals surface area contributed by atoms with E-state index in [4.69, 9.17) is 27.8 Å². The summed E-state index contributed by atoms with van der Waals surface area (Å²) in [6, 6.07) is 79.7. The van der Waals surface area contributed by atoms with E-state index < -0.39 is 103 Å². The van der Waals surface area contributed by atoms with Gasteiger partial charge in [-0.1, -0.05) is 253 Å². The number of fused-ring (bicyclic) bond motifs is 6. The summed E-state index contributed by atoms with van der Waals surface area (Å²) in [5.41, 5.74) is 8.09. The molecule has 7 heterocycles. The zero-order valence-electron chi connectivity index (χ0n) is 74.8. The highest BCUT2D eigenvalue weighted by atomic mass is 79.9. The maximum absolute atomic E-state index is 14.2. The van der Waals surface area contributed by atoms with Gasteiger partial charge in [0.2, 0.25) is 27.1 Å². The molecule has 3 N–H and O–H groups in total. The largest absolute Gasteiger partial charge is 0.460 e. The first-order valence-electron chi connectivity index (χ1n) is 43.8. The summed E-state index contributed by atoms with van der Waals surface area (Å²) in [5, 5.41) is 9.07. The van der Waals surface area contributed by atoms with E-state index in [-0.39, 0.29) is 126 Å². The second-order valence-electron chi connectivity index (χ2n) is 31.7. The topological polar surface area (TPSA) is 241 Å². The Morgan fingerprint density at radius 1 is 0.371 bits per heavy atom. The Morgan fingerprint density at radius 2 is 0.707 bits per heavy atom. The van der Waals surface area contributed by atoms with Gasteiger partial charge < -0.3 is 32.9 Å². The minimum atomic E-state index is -1.14. The normalized spacial score (nSPS) is 11.9. The molecule has 7 aromatic heterocycles. The quantitative estimate of drug-likeness (QED) is 0.0396. The summed E-state index contributed by atoms with van der Waals surface area (Å²) in [4.78, 5) is 75.2. The second kappa shape index (κ2) is 43.4. The molecule has 0 amide bonds. The van der Waals surface area contributed by atoms with E-state index in [1.165, 1.54) is 171 Å². The Labute approximate surface area is 807 Å². The highest BCUT2D eigenvalue weighted by Crippen LogP contribution is 2.45. The van der Waals surface area contributed by atoms with Gasteiger partial charge in [-0.15, -0.1) is 0 Å². The Morgan fingerprint density at radius 3 is 1.09 bits per heavy atom. The molecule has 20 rings (SSSR count). The monoisotopic (exact) mass is 2030 g/mol. The van der Waals surface area contributed by atoms with Gasteiger partial charge in [-0.3, -0.25) is 28.5 Å². The Kier molecular flexibility index (Phi) is 30.7. The zero-order valence-corrected chi connectivity index (χ0v) is 78.0. The molecule has 0 fully saturated rings. The minimum Gasteiger partial charge on any atom is -0.460 e. The van der Waals surface area contributed by atoms with Crippen molar-refractivity contribution in [2.75, 3.05) is 5.73 Å². The summed E-state index contributed by atoms with van der Waals surface area (Å²) in [6.45, 7) is 8.82. The average Bonchev–Trinajstić information content (AvgIpc) is 1.47. The number of aliphatic hydroxyl groups is 1. The van der Waals surface area contributed by atoms with E-state index in [0.29, 0.717) is 58.8 Å². The van der Waals surface area contributed by atoms with E-state index in [2.05, 4.69) is 46.8 Å². The third-order valence-corrected chi connectivity index (χ3v) is 24.2. The molecule has 0 saturated carbocycles. The van der Waals surface area contributed by atoms with Gasteiger partial charge in [0.25, 0.3) is 0 Å². The molecule has 0 radical (unpaired) electrons. The molecule has 706 valence electrons. The molecule has 3 atom stereocenters. The van der Waals surface area contributed by atoms with Crippen LogP contribution in [0.3, 0.4) is 0 Å². The average molecular weight is 2030 g/mol. The van der Waals surface area contributed by atoms with Crippen LogP contribution >= 0.6 is 31.9 Å². The first-order chi connectivity index (χ1) is 67.5. The molecule has 0 saturated heterocycles. The fraction of sp³-hybridized carbons (Fsp3) is 0.117. The van der Waals surface area contributed by atoms with E-state index in [1.54, 1.807) is 62.6 Å². The van der Waals surface area contributed by atoms with Crippen LogP contribution in [0.4, 0.5) is 54.1 Å². The molecule has 0 aliphatic heterocycles. The Balaban J connectivity index is 0.000000128. The van der Waals surface area contributed by atoms with Gasteiger partial charge in [0.1, 0.15) is 159 Å². The molecule has 29 heteroatoms. The smallest absolute Gasteiger partial charge is 0.312 e. The summed E-state index contributed by atoms with van der Waals surface area (Å²) in [6.07, 6.45) is 1.97. The van der Waals surface area contributed by atoms with Crippen molar-refractivity contribution in [3.05, 3.63) is 471 Å². The lowest BCUT2D eigenvalue weighted by Crippen LogP contribution is -2.37. The van der Waals surface area contributed by atoms with Crippen molar-refractivity contribution in [3.63, 3.8) is 0 Å². The summed E-state index contributed by atoms with van der Waals surface area (Å²) < 4.78 is 184. The van der Waals surface area contributed by atoms with Crippen molar-refractivity contribution >= 4 is 104 Å². The lowest BCUT2D eigenvalue weighted by Gasteiger charge is -2.37. The van der Waals surface area contributed by atoms with Crippen LogP contribution in [0, 0.1) is 64.3 Å². The standard InChI is InChI=1S/C24H18FN5.C18H13BrF2O2.C18H14F2O2.C17H11BrF2O2.C17H12F2O3.C17H12F2O2/c25-23-28-21(26)20-22(29-23)30(16-27-20)24(17-10-4-1-5-11-17,18-12-6-2-7-13-18)19-14-8-3-9-15-19;1-2-12(19)18-15(10-5-3-6-11(20)9-10)17(22)16-13(21)7-4-8-14(16)23-18;1-2-5-14-16(11-6-3-7-12(19)10-11)18(21)17-13(20)8-4-9-15(17)22-14;1-9(18)17-14(10-5-2-3-6-11(10)19)16(21)15-12(20)7-4-8-13(15)22-17;1-9(20)17-14(10-5-2-3-6-11(10)18)16(21)15-12(19)7-4-8-13(15)22-17;1-2-13-15(10-6-3-4-7-11(10)18)17(20)16-12(19)8-5-9-14(16)21-13/h1-16H,(H2,26,28,29);3-9,12H,2H2,1H3;3-4,6-10H,2,5H2,1H3;2-9H,1H3;2-9,20H,1H3;3-9H,2H2,1H3. The number of hydrogen-bond donors (Lipinski definition) is 2. The number of aryl methyl sites for hydroxylation is 2. The predicted octanol–water partition coefficient (Wildman–Crippen LogP) is 27.9. The fourth-order valence-corrected chi connectivity index (χ4v) is 17.1. The Bertz CT molecular complexity index is 8110. The second-order valence-corrected chi connectivity index (χ2v) is 34.2. The highest BCUT2D eigenvalue weighted by molar-refractivity contribution is 9.09. The first kappa shape index (κ1) is 98.9. The third-order valence-electron chi connectivity index (χ3n) is 22.7. The van der Waals surface area contributed by atoms with Gasteiger partial charge in [-0.05, 0) is 158 Å². The molecule has 0 aliphatic carbocycles. The van der Waals surface area contributed by atoms with Gasteiger partial charge in [-0.2, -0.15) is 14.4 Å². The summed E-state index contributed by atoms with van der Waals surface area (Å²) in [5.74, 6) is -4.66. The van der Waals surface area contributed by atoms with Gasteiger partial charge in [-0.25, -0.2) is 48.9 Å². The fourth-order valence-electron chi connectivity index (χ4n) is 16.5. The van der Waals surface area contributed by atoms with Crippen LogP contribution in [0.25, 0.3) is 122 Å².